The van der Waals surface area contributed by atoms with Gasteiger partial charge in [-0.3, -0.25) is 0 Å². The zero-order valence-corrected chi connectivity index (χ0v) is 9.04. The first-order valence-electron chi connectivity index (χ1n) is 4.99. The van der Waals surface area contributed by atoms with E-state index in [0.29, 0.717) is 5.15 Å². The molecule has 14 heavy (non-hydrogen) atoms. The second-order valence-corrected chi connectivity index (χ2v) is 4.32. The van der Waals surface area contributed by atoms with Gasteiger partial charge in [0, 0.05) is 19.2 Å². The first-order chi connectivity index (χ1) is 6.75. The van der Waals surface area contributed by atoms with Crippen LogP contribution in [-0.4, -0.2) is 23.3 Å². The van der Waals surface area contributed by atoms with E-state index >= 15 is 0 Å². The number of rotatable bonds is 1. The third kappa shape index (κ3) is 2.15. The third-order valence-electron chi connectivity index (χ3n) is 2.63. The number of anilines is 1. The Balaban J connectivity index is 2.14. The fraction of sp³-hybridized carbons (Fsp3) is 0.600. The second kappa shape index (κ2) is 4.13. The molecule has 0 saturated carbocycles. The monoisotopic (exact) mass is 211 g/mol. The highest BCUT2D eigenvalue weighted by Gasteiger charge is 2.16. The molecule has 0 spiro atoms. The van der Waals surface area contributed by atoms with Gasteiger partial charge in [-0.2, -0.15) is 5.10 Å². The summed E-state index contributed by atoms with van der Waals surface area (Å²) in [5.41, 5.74) is 1.09. The second-order valence-electron chi connectivity index (χ2n) is 3.93. The summed E-state index contributed by atoms with van der Waals surface area (Å²) in [5.74, 6) is 0.760. The smallest absolute Gasteiger partial charge is 0.153 e. The first kappa shape index (κ1) is 9.71. The van der Waals surface area contributed by atoms with E-state index < -0.39 is 0 Å². The van der Waals surface area contributed by atoms with E-state index in [1.807, 2.05) is 6.07 Å². The molecule has 0 bridgehead atoms. The molecule has 2 heterocycles. The minimum Gasteiger partial charge on any atom is -0.370 e. The minimum atomic E-state index is 0.473. The fourth-order valence-corrected chi connectivity index (χ4v) is 2.08. The van der Waals surface area contributed by atoms with E-state index in [9.17, 15) is 0 Å². The highest BCUT2D eigenvalue weighted by atomic mass is 35.5. The molecule has 0 radical (unpaired) electrons. The van der Waals surface area contributed by atoms with Gasteiger partial charge in [0.2, 0.25) is 0 Å². The van der Waals surface area contributed by atoms with Gasteiger partial charge in [0.25, 0.3) is 0 Å². The Bertz CT molecular complexity index is 316. The van der Waals surface area contributed by atoms with Gasteiger partial charge in [0.1, 0.15) is 0 Å². The Labute approximate surface area is 89.1 Å². The zero-order chi connectivity index (χ0) is 9.97. The highest BCUT2D eigenvalue weighted by Crippen LogP contribution is 2.23. The molecular weight excluding hydrogens is 198 g/mol. The number of aromatic nitrogens is 2. The maximum atomic E-state index is 5.80. The summed E-state index contributed by atoms with van der Waals surface area (Å²) >= 11 is 5.80. The van der Waals surface area contributed by atoms with E-state index in [0.717, 1.165) is 24.7 Å². The Morgan fingerprint density at radius 2 is 2.43 bits per heavy atom. The van der Waals surface area contributed by atoms with Crippen LogP contribution in [0.4, 0.5) is 5.69 Å². The maximum Gasteiger partial charge on any atom is 0.153 e. The van der Waals surface area contributed by atoms with Gasteiger partial charge >= 0.3 is 0 Å². The molecule has 0 N–H and O–H groups in total. The Kier molecular flexibility index (Phi) is 2.87. The van der Waals surface area contributed by atoms with Gasteiger partial charge in [-0.15, -0.1) is 5.10 Å². The van der Waals surface area contributed by atoms with Gasteiger partial charge in [0.05, 0.1) is 11.9 Å². The molecule has 0 aromatic carbocycles. The summed E-state index contributed by atoms with van der Waals surface area (Å²) in [6.07, 6.45) is 4.35. The van der Waals surface area contributed by atoms with Crippen molar-refractivity contribution in [1.82, 2.24) is 10.2 Å². The average molecular weight is 212 g/mol. The van der Waals surface area contributed by atoms with E-state index in [2.05, 4.69) is 22.0 Å². The lowest BCUT2D eigenvalue weighted by Crippen LogP contribution is -2.34. The molecule has 2 rings (SSSR count). The van der Waals surface area contributed by atoms with Crippen LogP contribution < -0.4 is 4.90 Å². The fourth-order valence-electron chi connectivity index (χ4n) is 1.93. The molecule has 0 amide bonds. The van der Waals surface area contributed by atoms with Crippen LogP contribution in [0.1, 0.15) is 19.8 Å². The van der Waals surface area contributed by atoms with Crippen molar-refractivity contribution in [1.29, 1.82) is 0 Å². The van der Waals surface area contributed by atoms with Crippen LogP contribution in [-0.2, 0) is 0 Å². The summed E-state index contributed by atoms with van der Waals surface area (Å²) < 4.78 is 0. The van der Waals surface area contributed by atoms with Crippen LogP contribution in [0.5, 0.6) is 0 Å². The topological polar surface area (TPSA) is 29.0 Å². The van der Waals surface area contributed by atoms with E-state index in [1.165, 1.54) is 12.8 Å². The van der Waals surface area contributed by atoms with Gasteiger partial charge in [-0.25, -0.2) is 0 Å². The van der Waals surface area contributed by atoms with Crippen LogP contribution in [0.15, 0.2) is 12.3 Å². The predicted molar refractivity (Wildman–Crippen MR) is 57.7 cm³/mol. The van der Waals surface area contributed by atoms with Crippen molar-refractivity contribution in [2.45, 2.75) is 19.8 Å². The molecule has 76 valence electrons. The largest absolute Gasteiger partial charge is 0.370 e. The maximum absolute atomic E-state index is 5.80. The van der Waals surface area contributed by atoms with E-state index in [1.54, 1.807) is 6.20 Å². The van der Waals surface area contributed by atoms with Crippen LogP contribution in [0.2, 0.25) is 5.15 Å². The minimum absolute atomic E-state index is 0.473. The van der Waals surface area contributed by atoms with Gasteiger partial charge in [-0.1, -0.05) is 18.5 Å². The number of halogens is 1. The lowest BCUT2D eigenvalue weighted by molar-refractivity contribution is 0.446. The molecule has 1 fully saturated rings. The summed E-state index contributed by atoms with van der Waals surface area (Å²) in [6, 6.07) is 1.88. The Morgan fingerprint density at radius 3 is 3.14 bits per heavy atom. The molecule has 1 aliphatic rings. The third-order valence-corrected chi connectivity index (χ3v) is 2.82. The molecule has 1 saturated heterocycles. The van der Waals surface area contributed by atoms with Crippen molar-refractivity contribution < 1.29 is 0 Å². The van der Waals surface area contributed by atoms with Crippen LogP contribution >= 0.6 is 11.6 Å². The normalized spacial score (nSPS) is 22.4. The van der Waals surface area contributed by atoms with Crippen LogP contribution in [0.25, 0.3) is 0 Å². The van der Waals surface area contributed by atoms with Crippen LogP contribution in [0.3, 0.4) is 0 Å². The number of piperidine rings is 1. The molecule has 4 heteroatoms. The molecule has 3 nitrogen and oxygen atoms in total. The van der Waals surface area contributed by atoms with Crippen molar-refractivity contribution in [2.75, 3.05) is 18.0 Å². The average Bonchev–Trinajstić information content (AvgIpc) is 2.18. The molecule has 1 aromatic heterocycles. The molecule has 1 aromatic rings. The van der Waals surface area contributed by atoms with Gasteiger partial charge < -0.3 is 4.90 Å². The predicted octanol–water partition coefficient (Wildman–Crippen LogP) is 2.37. The number of hydrogen-bond donors (Lipinski definition) is 0. The van der Waals surface area contributed by atoms with Crippen molar-refractivity contribution in [2.24, 2.45) is 5.92 Å². The quantitative estimate of drug-likeness (QED) is 0.714. The highest BCUT2D eigenvalue weighted by molar-refractivity contribution is 6.29. The zero-order valence-electron chi connectivity index (χ0n) is 8.28. The number of nitrogens with zero attached hydrogens (tertiary/aromatic N) is 3. The lowest BCUT2D eigenvalue weighted by atomic mass is 10.0. The van der Waals surface area contributed by atoms with Gasteiger partial charge in [-0.05, 0) is 18.8 Å². The van der Waals surface area contributed by atoms with E-state index in [4.69, 9.17) is 11.6 Å². The van der Waals surface area contributed by atoms with Crippen LogP contribution in [0, 0.1) is 5.92 Å². The van der Waals surface area contributed by atoms with Crippen molar-refractivity contribution in [3.05, 3.63) is 17.4 Å². The molecule has 0 aliphatic carbocycles. The van der Waals surface area contributed by atoms with Crippen molar-refractivity contribution in [3.63, 3.8) is 0 Å². The molecule has 1 unspecified atom stereocenters. The van der Waals surface area contributed by atoms with Crippen molar-refractivity contribution in [3.8, 4) is 0 Å². The summed E-state index contributed by atoms with van der Waals surface area (Å²) in [7, 11) is 0. The van der Waals surface area contributed by atoms with Crippen molar-refractivity contribution >= 4 is 17.3 Å². The summed E-state index contributed by atoms with van der Waals surface area (Å²) in [5, 5.41) is 8.08. The number of hydrogen-bond acceptors (Lipinski definition) is 3. The standard InChI is InChI=1S/C10H14ClN3/c1-8-3-2-4-14(7-8)9-5-10(11)13-12-6-9/h5-6,8H,2-4,7H2,1H3. The Hall–Kier alpha value is -0.830. The lowest BCUT2D eigenvalue weighted by Gasteiger charge is -2.32. The van der Waals surface area contributed by atoms with Gasteiger partial charge in [0.15, 0.2) is 5.15 Å². The summed E-state index contributed by atoms with van der Waals surface area (Å²) in [6.45, 7) is 4.48. The first-order valence-corrected chi connectivity index (χ1v) is 5.36. The summed E-state index contributed by atoms with van der Waals surface area (Å²) in [4.78, 5) is 2.33. The van der Waals surface area contributed by atoms with E-state index in [-0.39, 0.29) is 0 Å². The molecule has 1 aliphatic heterocycles. The SMILES string of the molecule is CC1CCCN(c2cnnc(Cl)c2)C1. The molecular formula is C10H14ClN3. The Morgan fingerprint density at radius 1 is 1.57 bits per heavy atom. The molecule has 1 atom stereocenters.